The zero-order valence-corrected chi connectivity index (χ0v) is 15.7. The Labute approximate surface area is 160 Å². The van der Waals surface area contributed by atoms with Crippen molar-refractivity contribution in [2.75, 3.05) is 5.32 Å². The Morgan fingerprint density at radius 1 is 1.07 bits per heavy atom. The standard InChI is InChI=1S/C21H17N3O2S/c1-13(25)14-7-9-16(10-8-14)22-20(26)17-12-27-21(23-17)19-11-15-5-3-4-6-18(15)24(19)2/h3-12H,1-2H3,(H,22,26). The average molecular weight is 375 g/mol. The SMILES string of the molecule is CC(=O)c1ccc(NC(=O)c2csc(-c3cc4ccccc4n3C)n2)cc1. The quantitative estimate of drug-likeness (QED) is 0.523. The molecule has 2 aromatic carbocycles. The lowest BCUT2D eigenvalue weighted by Crippen LogP contribution is -2.12. The third kappa shape index (κ3) is 3.27. The number of benzene rings is 2. The smallest absolute Gasteiger partial charge is 0.275 e. The molecule has 0 fully saturated rings. The molecule has 0 saturated carbocycles. The number of aromatic nitrogens is 2. The van der Waals surface area contributed by atoms with Crippen LogP contribution in [0.4, 0.5) is 5.69 Å². The number of para-hydroxylation sites is 1. The maximum Gasteiger partial charge on any atom is 0.275 e. The number of nitrogens with zero attached hydrogens (tertiary/aromatic N) is 2. The molecule has 4 rings (SSSR count). The third-order valence-corrected chi connectivity index (χ3v) is 5.32. The highest BCUT2D eigenvalue weighted by Gasteiger charge is 2.15. The number of thiazole rings is 1. The number of nitrogens with one attached hydrogen (secondary N) is 1. The number of anilines is 1. The Morgan fingerprint density at radius 2 is 1.81 bits per heavy atom. The van der Waals surface area contributed by atoms with Gasteiger partial charge in [-0.2, -0.15) is 0 Å². The summed E-state index contributed by atoms with van der Waals surface area (Å²) < 4.78 is 2.08. The second-order valence-corrected chi connectivity index (χ2v) is 7.13. The van der Waals surface area contributed by atoms with E-state index in [1.807, 2.05) is 19.2 Å². The molecule has 134 valence electrons. The monoisotopic (exact) mass is 375 g/mol. The van der Waals surface area contributed by atoms with Gasteiger partial charge < -0.3 is 9.88 Å². The maximum atomic E-state index is 12.5. The van der Waals surface area contributed by atoms with E-state index in [4.69, 9.17) is 0 Å². The number of amides is 1. The number of hydrogen-bond donors (Lipinski definition) is 1. The van der Waals surface area contributed by atoms with Crippen molar-refractivity contribution in [3.05, 3.63) is 71.2 Å². The van der Waals surface area contributed by atoms with Crippen molar-refractivity contribution in [2.45, 2.75) is 6.92 Å². The zero-order chi connectivity index (χ0) is 19.0. The van der Waals surface area contributed by atoms with Crippen LogP contribution < -0.4 is 5.32 Å². The molecule has 4 aromatic rings. The molecule has 0 aliphatic rings. The van der Waals surface area contributed by atoms with Crippen LogP contribution in [0.5, 0.6) is 0 Å². The molecule has 0 bridgehead atoms. The molecule has 5 nitrogen and oxygen atoms in total. The fraction of sp³-hybridized carbons (Fsp3) is 0.0952. The van der Waals surface area contributed by atoms with Gasteiger partial charge in [0, 0.05) is 34.6 Å². The van der Waals surface area contributed by atoms with E-state index in [1.54, 1.807) is 29.6 Å². The summed E-state index contributed by atoms with van der Waals surface area (Å²) in [6.45, 7) is 1.51. The van der Waals surface area contributed by atoms with Gasteiger partial charge in [0.1, 0.15) is 10.7 Å². The lowest BCUT2D eigenvalue weighted by Gasteiger charge is -2.04. The highest BCUT2D eigenvalue weighted by molar-refractivity contribution is 7.13. The number of fused-ring (bicyclic) bond motifs is 1. The van der Waals surface area contributed by atoms with Gasteiger partial charge in [0.2, 0.25) is 0 Å². The van der Waals surface area contributed by atoms with Gasteiger partial charge in [-0.25, -0.2) is 4.98 Å². The van der Waals surface area contributed by atoms with E-state index >= 15 is 0 Å². The summed E-state index contributed by atoms with van der Waals surface area (Å²) in [5.74, 6) is -0.279. The second-order valence-electron chi connectivity index (χ2n) is 6.27. The van der Waals surface area contributed by atoms with E-state index in [2.05, 4.69) is 33.1 Å². The molecule has 2 aromatic heterocycles. The highest BCUT2D eigenvalue weighted by Crippen LogP contribution is 2.29. The molecular formula is C21H17N3O2S. The lowest BCUT2D eigenvalue weighted by atomic mass is 10.1. The van der Waals surface area contributed by atoms with Gasteiger partial charge >= 0.3 is 0 Å². The Bertz CT molecular complexity index is 1160. The first kappa shape index (κ1) is 17.2. The van der Waals surface area contributed by atoms with Crippen LogP contribution in [0.1, 0.15) is 27.8 Å². The lowest BCUT2D eigenvalue weighted by molar-refractivity contribution is 0.101. The summed E-state index contributed by atoms with van der Waals surface area (Å²) in [5.41, 5.74) is 3.71. The minimum absolute atomic E-state index is 0.00743. The largest absolute Gasteiger partial charge is 0.342 e. The molecule has 0 aliphatic heterocycles. The first-order valence-electron chi connectivity index (χ1n) is 8.45. The van der Waals surface area contributed by atoms with Gasteiger partial charge in [-0.05, 0) is 43.3 Å². The number of carbonyl (C=O) groups excluding carboxylic acids is 2. The minimum atomic E-state index is -0.271. The molecule has 1 amide bonds. The van der Waals surface area contributed by atoms with Crippen molar-refractivity contribution in [3.63, 3.8) is 0 Å². The molecule has 0 aliphatic carbocycles. The van der Waals surface area contributed by atoms with Crippen LogP contribution in [0.25, 0.3) is 21.6 Å². The van der Waals surface area contributed by atoms with Crippen LogP contribution in [0.2, 0.25) is 0 Å². The van der Waals surface area contributed by atoms with E-state index in [-0.39, 0.29) is 11.7 Å². The summed E-state index contributed by atoms with van der Waals surface area (Å²) in [7, 11) is 2.00. The Balaban J connectivity index is 1.57. The number of carbonyl (C=O) groups is 2. The van der Waals surface area contributed by atoms with Crippen LogP contribution >= 0.6 is 11.3 Å². The summed E-state index contributed by atoms with van der Waals surface area (Å²) in [5, 5.41) is 6.51. The normalized spacial score (nSPS) is 10.9. The third-order valence-electron chi connectivity index (χ3n) is 4.46. The molecule has 0 radical (unpaired) electrons. The van der Waals surface area contributed by atoms with Crippen molar-refractivity contribution in [1.29, 1.82) is 0 Å². The van der Waals surface area contributed by atoms with Crippen molar-refractivity contribution in [1.82, 2.24) is 9.55 Å². The number of aryl methyl sites for hydroxylation is 1. The van der Waals surface area contributed by atoms with E-state index in [0.29, 0.717) is 16.9 Å². The molecule has 0 atom stereocenters. The van der Waals surface area contributed by atoms with Crippen molar-refractivity contribution >= 4 is 39.6 Å². The van der Waals surface area contributed by atoms with Gasteiger partial charge in [0.25, 0.3) is 5.91 Å². The van der Waals surface area contributed by atoms with Gasteiger partial charge in [-0.1, -0.05) is 18.2 Å². The van der Waals surface area contributed by atoms with Gasteiger partial charge in [0.15, 0.2) is 5.78 Å². The van der Waals surface area contributed by atoms with E-state index in [1.165, 1.54) is 18.3 Å². The van der Waals surface area contributed by atoms with Gasteiger partial charge in [-0.3, -0.25) is 9.59 Å². The van der Waals surface area contributed by atoms with E-state index in [9.17, 15) is 9.59 Å². The van der Waals surface area contributed by atoms with Crippen LogP contribution in [0.3, 0.4) is 0 Å². The molecule has 27 heavy (non-hydrogen) atoms. The predicted octanol–water partition coefficient (Wildman–Crippen LogP) is 4.76. The first-order valence-corrected chi connectivity index (χ1v) is 9.33. The zero-order valence-electron chi connectivity index (χ0n) is 14.9. The molecular weight excluding hydrogens is 358 g/mol. The van der Waals surface area contributed by atoms with Gasteiger partial charge in [-0.15, -0.1) is 11.3 Å². The molecule has 1 N–H and O–H groups in total. The molecule has 0 spiro atoms. The van der Waals surface area contributed by atoms with Crippen LogP contribution in [-0.2, 0) is 7.05 Å². The minimum Gasteiger partial charge on any atom is -0.342 e. The molecule has 0 saturated heterocycles. The Hall–Kier alpha value is -3.25. The highest BCUT2D eigenvalue weighted by atomic mass is 32.1. The topological polar surface area (TPSA) is 64.0 Å². The number of hydrogen-bond acceptors (Lipinski definition) is 4. The Kier molecular flexibility index (Phi) is 4.33. The predicted molar refractivity (Wildman–Crippen MR) is 108 cm³/mol. The maximum absolute atomic E-state index is 12.5. The van der Waals surface area contributed by atoms with E-state index < -0.39 is 0 Å². The van der Waals surface area contributed by atoms with Crippen molar-refractivity contribution in [2.24, 2.45) is 7.05 Å². The average Bonchev–Trinajstić information content (AvgIpc) is 3.28. The fourth-order valence-corrected chi connectivity index (χ4v) is 3.82. The summed E-state index contributed by atoms with van der Waals surface area (Å²) in [6.07, 6.45) is 0. The van der Waals surface area contributed by atoms with E-state index in [0.717, 1.165) is 21.6 Å². The molecule has 2 heterocycles. The number of ketones is 1. The van der Waals surface area contributed by atoms with Crippen LogP contribution in [0.15, 0.2) is 60.0 Å². The van der Waals surface area contributed by atoms with Crippen LogP contribution in [-0.4, -0.2) is 21.2 Å². The number of Topliss-reactive ketones (excluding diaryl/α,β-unsaturated/α-hetero) is 1. The summed E-state index contributed by atoms with van der Waals surface area (Å²) in [6, 6.07) is 17.0. The molecule has 0 unspecified atom stereocenters. The fourth-order valence-electron chi connectivity index (χ4n) is 2.97. The van der Waals surface area contributed by atoms with Crippen molar-refractivity contribution < 1.29 is 9.59 Å². The Morgan fingerprint density at radius 3 is 2.52 bits per heavy atom. The summed E-state index contributed by atoms with van der Waals surface area (Å²) in [4.78, 5) is 28.3. The second kappa shape index (κ2) is 6.81. The number of rotatable bonds is 4. The molecule has 6 heteroatoms. The van der Waals surface area contributed by atoms with Crippen LogP contribution in [0, 0.1) is 0 Å². The summed E-state index contributed by atoms with van der Waals surface area (Å²) >= 11 is 1.44. The first-order chi connectivity index (χ1) is 13.0. The van der Waals surface area contributed by atoms with Gasteiger partial charge in [0.05, 0.1) is 5.69 Å². The van der Waals surface area contributed by atoms with Crippen molar-refractivity contribution in [3.8, 4) is 10.7 Å².